The molecule has 0 unspecified atom stereocenters. The number of nitrogens with zero attached hydrogens (tertiary/aromatic N) is 2. The second kappa shape index (κ2) is 9.45. The normalized spacial score (nSPS) is 11.1. The maximum absolute atomic E-state index is 13.7. The van der Waals surface area contributed by atoms with Crippen LogP contribution in [0.1, 0.15) is 23.0 Å². The summed E-state index contributed by atoms with van der Waals surface area (Å²) in [7, 11) is 3.37. The van der Waals surface area contributed by atoms with Gasteiger partial charge in [0.25, 0.3) is 5.91 Å². The molecule has 162 valence electrons. The molecule has 0 bridgehead atoms. The lowest BCUT2D eigenvalue weighted by Gasteiger charge is -2.23. The van der Waals surface area contributed by atoms with E-state index in [1.165, 1.54) is 5.01 Å². The molecule has 1 heterocycles. The van der Waals surface area contributed by atoms with E-state index in [2.05, 4.69) is 5.43 Å². The van der Waals surface area contributed by atoms with Crippen LogP contribution in [0.15, 0.2) is 47.3 Å². The van der Waals surface area contributed by atoms with E-state index in [0.29, 0.717) is 44.0 Å². The number of pyridine rings is 1. The zero-order valence-electron chi connectivity index (χ0n) is 17.6. The minimum absolute atomic E-state index is 0.0319. The van der Waals surface area contributed by atoms with Crippen molar-refractivity contribution in [3.8, 4) is 22.4 Å². The van der Waals surface area contributed by atoms with Gasteiger partial charge in [-0.25, -0.2) is 5.01 Å². The van der Waals surface area contributed by atoms with Gasteiger partial charge in [0.2, 0.25) is 5.43 Å². The van der Waals surface area contributed by atoms with Crippen LogP contribution in [-0.2, 0) is 6.54 Å². The Morgan fingerprint density at radius 1 is 1.00 bits per heavy atom. The molecule has 3 rings (SSSR count). The molecular formula is C23H22Cl3N3O2. The molecule has 0 radical (unpaired) electrons. The number of rotatable bonds is 5. The summed E-state index contributed by atoms with van der Waals surface area (Å²) < 4.78 is 1.94. The van der Waals surface area contributed by atoms with Gasteiger partial charge >= 0.3 is 0 Å². The summed E-state index contributed by atoms with van der Waals surface area (Å²) in [6.07, 6.45) is 0. The minimum atomic E-state index is -0.506. The number of halogens is 3. The maximum atomic E-state index is 13.7. The van der Waals surface area contributed by atoms with Crippen molar-refractivity contribution in [3.05, 3.63) is 79.0 Å². The Bertz CT molecular complexity index is 1200. The van der Waals surface area contributed by atoms with Crippen LogP contribution in [0.4, 0.5) is 0 Å². The number of benzene rings is 2. The lowest BCUT2D eigenvalue weighted by Crippen LogP contribution is -2.40. The Morgan fingerprint density at radius 3 is 2.16 bits per heavy atom. The van der Waals surface area contributed by atoms with E-state index in [-0.39, 0.29) is 11.0 Å². The second-order valence-corrected chi connectivity index (χ2v) is 8.48. The summed E-state index contributed by atoms with van der Waals surface area (Å²) in [5, 5.41) is 2.80. The molecule has 31 heavy (non-hydrogen) atoms. The molecule has 3 aromatic rings. The molecule has 0 aliphatic carbocycles. The van der Waals surface area contributed by atoms with E-state index in [4.69, 9.17) is 34.8 Å². The molecular weight excluding hydrogens is 457 g/mol. The van der Waals surface area contributed by atoms with Gasteiger partial charge < -0.3 is 4.57 Å². The van der Waals surface area contributed by atoms with Gasteiger partial charge in [0, 0.05) is 42.5 Å². The number of hydrogen-bond donors (Lipinski definition) is 1. The summed E-state index contributed by atoms with van der Waals surface area (Å²) in [5.74, 6) is -0.506. The molecule has 0 atom stereocenters. The van der Waals surface area contributed by atoms with Crippen LogP contribution in [0.3, 0.4) is 0 Å². The quantitative estimate of drug-likeness (QED) is 0.480. The highest BCUT2D eigenvalue weighted by Crippen LogP contribution is 2.33. The van der Waals surface area contributed by atoms with Crippen molar-refractivity contribution < 1.29 is 4.79 Å². The van der Waals surface area contributed by atoms with Crippen molar-refractivity contribution in [2.45, 2.75) is 20.4 Å². The van der Waals surface area contributed by atoms with E-state index in [0.717, 1.165) is 5.69 Å². The summed E-state index contributed by atoms with van der Waals surface area (Å²) >= 11 is 18.4. The van der Waals surface area contributed by atoms with Gasteiger partial charge in [-0.2, -0.15) is 0 Å². The number of hydrogen-bond acceptors (Lipinski definition) is 3. The van der Waals surface area contributed by atoms with Gasteiger partial charge in [-0.3, -0.25) is 15.0 Å². The first-order chi connectivity index (χ1) is 14.6. The fourth-order valence-electron chi connectivity index (χ4n) is 3.60. The van der Waals surface area contributed by atoms with Crippen molar-refractivity contribution in [1.29, 1.82) is 0 Å². The average molecular weight is 479 g/mol. The lowest BCUT2D eigenvalue weighted by atomic mass is 9.96. The molecule has 0 aliphatic heterocycles. The average Bonchev–Trinajstić information content (AvgIpc) is 2.70. The zero-order valence-corrected chi connectivity index (χ0v) is 19.9. The SMILES string of the molecule is CCn1c(C)c(-c2ccc(Cl)cc2)c(=O)c(C(=O)NN(C)C)c1-c1ccc(Cl)c(Cl)c1. The molecule has 0 saturated heterocycles. The Labute approximate surface area is 196 Å². The predicted molar refractivity (Wildman–Crippen MR) is 128 cm³/mol. The van der Waals surface area contributed by atoms with E-state index in [1.807, 2.05) is 18.4 Å². The summed E-state index contributed by atoms with van der Waals surface area (Å²) in [5.41, 5.74) is 5.34. The van der Waals surface area contributed by atoms with E-state index in [9.17, 15) is 9.59 Å². The van der Waals surface area contributed by atoms with Gasteiger partial charge in [-0.15, -0.1) is 0 Å². The number of aromatic nitrogens is 1. The lowest BCUT2D eigenvalue weighted by molar-refractivity contribution is 0.0856. The molecule has 1 N–H and O–H groups in total. The number of carbonyl (C=O) groups is 1. The molecule has 5 nitrogen and oxygen atoms in total. The van der Waals surface area contributed by atoms with Gasteiger partial charge in [0.05, 0.1) is 15.7 Å². The van der Waals surface area contributed by atoms with Gasteiger partial charge in [0.15, 0.2) is 0 Å². The predicted octanol–water partition coefficient (Wildman–Crippen LogP) is 5.68. The fourth-order valence-corrected chi connectivity index (χ4v) is 4.02. The Kier molecular flexibility index (Phi) is 7.12. The monoisotopic (exact) mass is 477 g/mol. The molecule has 0 saturated carbocycles. The summed E-state index contributed by atoms with van der Waals surface area (Å²) in [6, 6.07) is 12.1. The Balaban J connectivity index is 2.44. The van der Waals surface area contributed by atoms with Crippen molar-refractivity contribution in [1.82, 2.24) is 15.0 Å². The standard InChI is InChI=1S/C23H22Cl3N3O2/c1-5-29-13(2)19(14-6-9-16(24)10-7-14)22(30)20(23(31)27-28(3)4)21(29)15-8-11-17(25)18(26)12-15/h6-12H,5H2,1-4H3,(H,27,31). The highest BCUT2D eigenvalue weighted by Gasteiger charge is 2.26. The van der Waals surface area contributed by atoms with Crippen molar-refractivity contribution in [3.63, 3.8) is 0 Å². The molecule has 0 spiro atoms. The van der Waals surface area contributed by atoms with Crippen LogP contribution in [-0.4, -0.2) is 29.6 Å². The summed E-state index contributed by atoms with van der Waals surface area (Å²) in [6.45, 7) is 4.35. The first-order valence-electron chi connectivity index (χ1n) is 9.62. The topological polar surface area (TPSA) is 54.3 Å². The minimum Gasteiger partial charge on any atom is -0.344 e. The molecule has 8 heteroatoms. The first kappa shape index (κ1) is 23.4. The highest BCUT2D eigenvalue weighted by molar-refractivity contribution is 6.42. The third-order valence-electron chi connectivity index (χ3n) is 4.92. The van der Waals surface area contributed by atoms with Gasteiger partial charge in [-0.1, -0.05) is 53.0 Å². The van der Waals surface area contributed by atoms with E-state index < -0.39 is 5.91 Å². The summed E-state index contributed by atoms with van der Waals surface area (Å²) in [4.78, 5) is 26.9. The van der Waals surface area contributed by atoms with Gasteiger partial charge in [0.1, 0.15) is 5.56 Å². The van der Waals surface area contributed by atoms with Crippen LogP contribution in [0.5, 0.6) is 0 Å². The molecule has 0 fully saturated rings. The van der Waals surface area contributed by atoms with Crippen molar-refractivity contribution in [2.24, 2.45) is 0 Å². The maximum Gasteiger partial charge on any atom is 0.271 e. The second-order valence-electron chi connectivity index (χ2n) is 7.23. The number of hydrazine groups is 1. The fraction of sp³-hybridized carbons (Fsp3) is 0.217. The largest absolute Gasteiger partial charge is 0.344 e. The number of amides is 1. The van der Waals surface area contributed by atoms with Crippen LogP contribution in [0.25, 0.3) is 22.4 Å². The van der Waals surface area contributed by atoms with Crippen molar-refractivity contribution in [2.75, 3.05) is 14.1 Å². The molecule has 0 aliphatic rings. The van der Waals surface area contributed by atoms with Crippen LogP contribution >= 0.6 is 34.8 Å². The van der Waals surface area contributed by atoms with Crippen LogP contribution in [0.2, 0.25) is 15.1 Å². The number of carbonyl (C=O) groups excluding carboxylic acids is 1. The molecule has 1 aromatic heterocycles. The number of nitrogens with one attached hydrogen (secondary N) is 1. The van der Waals surface area contributed by atoms with Crippen molar-refractivity contribution >= 4 is 40.7 Å². The van der Waals surface area contributed by atoms with Gasteiger partial charge in [-0.05, 0) is 43.7 Å². The van der Waals surface area contributed by atoms with E-state index in [1.54, 1.807) is 56.6 Å². The first-order valence-corrected chi connectivity index (χ1v) is 10.8. The molecule has 1 amide bonds. The van der Waals surface area contributed by atoms with Crippen LogP contribution < -0.4 is 10.9 Å². The van der Waals surface area contributed by atoms with Crippen LogP contribution in [0, 0.1) is 6.92 Å². The van der Waals surface area contributed by atoms with E-state index >= 15 is 0 Å². The highest BCUT2D eigenvalue weighted by atomic mass is 35.5. The zero-order chi connectivity index (χ0) is 22.9. The smallest absolute Gasteiger partial charge is 0.271 e. The third kappa shape index (κ3) is 4.65. The third-order valence-corrected chi connectivity index (χ3v) is 5.91. The molecule has 2 aromatic carbocycles. The Morgan fingerprint density at radius 2 is 1.61 bits per heavy atom. The Hall–Kier alpha value is -2.31.